The molecule has 0 aromatic carbocycles. The average Bonchev–Trinajstić information content (AvgIpc) is 3.30. The molecule has 128 valence electrons. The monoisotopic (exact) mass is 328 g/mol. The van der Waals surface area contributed by atoms with Gasteiger partial charge in [-0.3, -0.25) is 0 Å². The minimum absolute atomic E-state index is 0.125. The van der Waals surface area contributed by atoms with E-state index in [9.17, 15) is 19.8 Å². The fourth-order valence-electron chi connectivity index (χ4n) is 5.48. The van der Waals surface area contributed by atoms with Crippen molar-refractivity contribution in [1.82, 2.24) is 0 Å². The van der Waals surface area contributed by atoms with Crippen LogP contribution < -0.4 is 0 Å². The zero-order valence-corrected chi connectivity index (χ0v) is 13.8. The molecule has 2 N–H and O–H groups in total. The van der Waals surface area contributed by atoms with Crippen molar-refractivity contribution in [2.45, 2.75) is 51.4 Å². The van der Waals surface area contributed by atoms with Crippen molar-refractivity contribution in [2.75, 3.05) is 0 Å². The molecule has 4 nitrogen and oxygen atoms in total. The van der Waals surface area contributed by atoms with E-state index in [0.717, 1.165) is 38.5 Å². The summed E-state index contributed by atoms with van der Waals surface area (Å²) in [6.07, 6.45) is 15.5. The number of aliphatic carboxylic acids is 2. The number of fused-ring (bicyclic) bond motifs is 4. The van der Waals surface area contributed by atoms with Crippen LogP contribution in [-0.4, -0.2) is 22.2 Å². The second-order valence-corrected chi connectivity index (χ2v) is 8.37. The van der Waals surface area contributed by atoms with Gasteiger partial charge in [0.05, 0.1) is 0 Å². The molecule has 0 amide bonds. The van der Waals surface area contributed by atoms with Gasteiger partial charge in [0.25, 0.3) is 0 Å². The topological polar surface area (TPSA) is 74.6 Å². The van der Waals surface area contributed by atoms with Gasteiger partial charge in [0.1, 0.15) is 0 Å². The summed E-state index contributed by atoms with van der Waals surface area (Å²) in [7, 11) is 0. The molecule has 4 unspecified atom stereocenters. The van der Waals surface area contributed by atoms with E-state index in [1.54, 1.807) is 0 Å². The molecule has 0 aromatic rings. The number of carbonyl (C=O) groups is 2. The van der Waals surface area contributed by atoms with Gasteiger partial charge in [-0.15, -0.1) is 0 Å². The zero-order chi connectivity index (χ0) is 16.9. The second kappa shape index (κ2) is 5.33. The van der Waals surface area contributed by atoms with Crippen molar-refractivity contribution in [1.29, 1.82) is 0 Å². The van der Waals surface area contributed by atoms with Crippen LogP contribution in [0.25, 0.3) is 0 Å². The summed E-state index contributed by atoms with van der Waals surface area (Å²) in [5.74, 6) is -1.00. The lowest BCUT2D eigenvalue weighted by atomic mass is 9.76. The van der Waals surface area contributed by atoms with E-state index >= 15 is 0 Å². The zero-order valence-electron chi connectivity index (χ0n) is 13.8. The van der Waals surface area contributed by atoms with Gasteiger partial charge in [-0.2, -0.15) is 0 Å². The second-order valence-electron chi connectivity index (χ2n) is 8.37. The third-order valence-electron chi connectivity index (χ3n) is 6.75. The number of allylic oxidation sites excluding steroid dienone is 4. The average molecular weight is 328 g/mol. The summed E-state index contributed by atoms with van der Waals surface area (Å²) >= 11 is 0. The highest BCUT2D eigenvalue weighted by Crippen LogP contribution is 2.55. The number of hydrogen-bond donors (Lipinski definition) is 2. The highest BCUT2D eigenvalue weighted by Gasteiger charge is 2.45. The van der Waals surface area contributed by atoms with Gasteiger partial charge in [0.2, 0.25) is 0 Å². The van der Waals surface area contributed by atoms with Crippen molar-refractivity contribution in [3.63, 3.8) is 0 Å². The molecule has 4 heteroatoms. The van der Waals surface area contributed by atoms with E-state index in [4.69, 9.17) is 0 Å². The van der Waals surface area contributed by atoms with Crippen LogP contribution in [0.4, 0.5) is 0 Å². The molecule has 4 aliphatic carbocycles. The summed E-state index contributed by atoms with van der Waals surface area (Å²) in [4.78, 5) is 23.8. The Morgan fingerprint density at radius 1 is 0.833 bits per heavy atom. The van der Waals surface area contributed by atoms with E-state index in [0.29, 0.717) is 24.7 Å². The van der Waals surface area contributed by atoms with Gasteiger partial charge in [0, 0.05) is 11.1 Å². The summed E-state index contributed by atoms with van der Waals surface area (Å²) in [5, 5.41) is 19.5. The van der Waals surface area contributed by atoms with Gasteiger partial charge < -0.3 is 10.2 Å². The Kier molecular flexibility index (Phi) is 3.48. The van der Waals surface area contributed by atoms with Crippen molar-refractivity contribution < 1.29 is 19.8 Å². The quantitative estimate of drug-likeness (QED) is 0.572. The van der Waals surface area contributed by atoms with E-state index in [1.165, 1.54) is 0 Å². The van der Waals surface area contributed by atoms with Gasteiger partial charge >= 0.3 is 11.9 Å². The van der Waals surface area contributed by atoms with Crippen LogP contribution in [0.5, 0.6) is 0 Å². The van der Waals surface area contributed by atoms with Gasteiger partial charge in [-0.1, -0.05) is 24.3 Å². The molecular weight excluding hydrogens is 304 g/mol. The molecule has 0 spiro atoms. The van der Waals surface area contributed by atoms with E-state index in [1.807, 2.05) is 0 Å². The molecule has 4 atom stereocenters. The molecule has 0 aromatic heterocycles. The Hall–Kier alpha value is -1.84. The Morgan fingerprint density at radius 3 is 1.46 bits per heavy atom. The van der Waals surface area contributed by atoms with Crippen LogP contribution >= 0.6 is 0 Å². The van der Waals surface area contributed by atoms with Gasteiger partial charge in [-0.25, -0.2) is 9.59 Å². The number of carboxylic acids is 2. The lowest BCUT2D eigenvalue weighted by Gasteiger charge is -2.28. The van der Waals surface area contributed by atoms with Crippen LogP contribution in [0.1, 0.15) is 51.4 Å². The molecule has 24 heavy (non-hydrogen) atoms. The SMILES string of the molecule is O=C(O)C(CC12C=CC(CC1)C2)=C(CC12C=CC(CC1)C2)C(=O)O. The maximum absolute atomic E-state index is 11.9. The smallest absolute Gasteiger partial charge is 0.332 e. The molecule has 0 radical (unpaired) electrons. The normalized spacial score (nSPS) is 39.5. The molecule has 0 saturated heterocycles. The minimum Gasteiger partial charge on any atom is -0.478 e. The van der Waals surface area contributed by atoms with Crippen molar-refractivity contribution in [3.8, 4) is 0 Å². The Labute approximate surface area is 141 Å². The summed E-state index contributed by atoms with van der Waals surface area (Å²) in [5.41, 5.74) is 0.0154. The Balaban J connectivity index is 1.66. The highest BCUT2D eigenvalue weighted by molar-refractivity contribution is 5.99. The predicted molar refractivity (Wildman–Crippen MR) is 89.4 cm³/mol. The first-order valence-electron chi connectivity index (χ1n) is 8.98. The highest BCUT2D eigenvalue weighted by atomic mass is 16.4. The third-order valence-corrected chi connectivity index (χ3v) is 6.75. The molecule has 0 heterocycles. The van der Waals surface area contributed by atoms with Crippen LogP contribution in [0.15, 0.2) is 35.5 Å². The summed E-state index contributed by atoms with van der Waals surface area (Å²) in [6, 6.07) is 0. The first-order chi connectivity index (χ1) is 11.4. The fraction of sp³-hybridized carbons (Fsp3) is 0.600. The molecule has 0 aliphatic heterocycles. The summed E-state index contributed by atoms with van der Waals surface area (Å²) < 4.78 is 0. The predicted octanol–water partition coefficient (Wildman–Crippen LogP) is 3.95. The van der Waals surface area contributed by atoms with Crippen molar-refractivity contribution in [2.24, 2.45) is 22.7 Å². The lowest BCUT2D eigenvalue weighted by Crippen LogP contribution is -2.23. The largest absolute Gasteiger partial charge is 0.478 e. The lowest BCUT2D eigenvalue weighted by molar-refractivity contribution is -0.136. The Bertz CT molecular complexity index is 628. The van der Waals surface area contributed by atoms with E-state index in [-0.39, 0.29) is 22.0 Å². The van der Waals surface area contributed by atoms with Crippen LogP contribution in [0.2, 0.25) is 0 Å². The number of hydrogen-bond acceptors (Lipinski definition) is 2. The Morgan fingerprint density at radius 2 is 1.25 bits per heavy atom. The maximum Gasteiger partial charge on any atom is 0.332 e. The maximum atomic E-state index is 11.9. The first kappa shape index (κ1) is 15.7. The molecule has 4 bridgehead atoms. The van der Waals surface area contributed by atoms with Crippen molar-refractivity contribution in [3.05, 3.63) is 35.5 Å². The van der Waals surface area contributed by atoms with Gasteiger partial charge in [-0.05, 0) is 74.0 Å². The van der Waals surface area contributed by atoms with Crippen LogP contribution in [0.3, 0.4) is 0 Å². The van der Waals surface area contributed by atoms with E-state index in [2.05, 4.69) is 24.3 Å². The van der Waals surface area contributed by atoms with Crippen LogP contribution in [-0.2, 0) is 9.59 Å². The third kappa shape index (κ3) is 2.52. The summed E-state index contributed by atoms with van der Waals surface area (Å²) in [6.45, 7) is 0. The van der Waals surface area contributed by atoms with E-state index < -0.39 is 11.9 Å². The fourth-order valence-corrected chi connectivity index (χ4v) is 5.48. The molecule has 2 saturated carbocycles. The molecule has 2 fully saturated rings. The first-order valence-corrected chi connectivity index (χ1v) is 8.98. The molecule has 4 aliphatic rings. The number of carboxylic acid groups (broad SMARTS) is 2. The minimum atomic E-state index is -1.06. The number of rotatable bonds is 6. The van der Waals surface area contributed by atoms with Crippen molar-refractivity contribution >= 4 is 11.9 Å². The van der Waals surface area contributed by atoms with Gasteiger partial charge in [0.15, 0.2) is 0 Å². The molecule has 4 rings (SSSR count). The molecular formula is C20H24O4. The standard InChI is InChI=1S/C20H24O4/c21-17(22)15(11-19-5-1-13(9-19)2-6-19)16(18(23)24)12-20-7-3-14(10-20)4-8-20/h1,3,5,7,13-14H,2,4,6,8-12H2,(H,21,22)(H,23,24). The van der Waals surface area contributed by atoms with Crippen LogP contribution in [0, 0.1) is 22.7 Å².